The lowest BCUT2D eigenvalue weighted by Gasteiger charge is -2.31. The van der Waals surface area contributed by atoms with E-state index >= 15 is 0 Å². The van der Waals surface area contributed by atoms with Crippen molar-refractivity contribution < 1.29 is 36.5 Å². The van der Waals surface area contributed by atoms with Gasteiger partial charge in [-0.05, 0) is 49.6 Å². The molecule has 3 aliphatic rings. The number of rotatable bonds is 7. The Kier molecular flexibility index (Phi) is 7.51. The number of aliphatic hydroxyl groups is 1. The molecule has 3 aliphatic heterocycles. The number of amides is 2. The molecular weight excluding hydrogens is 531 g/mol. The number of ether oxygens (including phenoxy) is 1. The van der Waals surface area contributed by atoms with Gasteiger partial charge < -0.3 is 20.1 Å². The molecule has 1 atom stereocenters. The summed E-state index contributed by atoms with van der Waals surface area (Å²) in [5, 5.41) is 13.4. The predicted octanol–water partition coefficient (Wildman–Crippen LogP) is 0.898. The molecule has 1 fully saturated rings. The second-order valence-electron chi connectivity index (χ2n) is 10.0. The zero-order chi connectivity index (χ0) is 27.9. The van der Waals surface area contributed by atoms with Crippen molar-refractivity contribution in [2.24, 2.45) is 0 Å². The summed E-state index contributed by atoms with van der Waals surface area (Å²) in [5.41, 5.74) is 2.09. The number of fused-ring (bicyclic) bond motifs is 2. The van der Waals surface area contributed by atoms with Gasteiger partial charge in [0.1, 0.15) is 5.82 Å². The third-order valence-electron chi connectivity index (χ3n) is 7.11. The maximum atomic E-state index is 14.0. The van der Waals surface area contributed by atoms with Crippen molar-refractivity contribution in [3.8, 4) is 0 Å². The molecule has 2 amide bonds. The highest BCUT2D eigenvalue weighted by molar-refractivity contribution is 7.86. The van der Waals surface area contributed by atoms with Crippen molar-refractivity contribution in [2.75, 3.05) is 57.5 Å². The summed E-state index contributed by atoms with van der Waals surface area (Å²) >= 11 is 0. The fraction of sp³-hybridized carbons (Fsp3) is 0.462. The monoisotopic (exact) mass is 562 g/mol. The van der Waals surface area contributed by atoms with Gasteiger partial charge in [-0.1, -0.05) is 0 Å². The molecule has 5 rings (SSSR count). The van der Waals surface area contributed by atoms with Crippen molar-refractivity contribution in [2.45, 2.75) is 25.9 Å². The van der Waals surface area contributed by atoms with E-state index in [1.165, 1.54) is 24.3 Å². The van der Waals surface area contributed by atoms with Gasteiger partial charge in [0.25, 0.3) is 11.8 Å². The molecule has 1 aromatic heterocycles. The van der Waals surface area contributed by atoms with Gasteiger partial charge in [-0.25, -0.2) is 4.39 Å². The molecule has 0 saturated carbocycles. The smallest absolute Gasteiger partial charge is 0.324 e. The fourth-order valence-electron chi connectivity index (χ4n) is 5.35. The first-order valence-corrected chi connectivity index (χ1v) is 14.6. The summed E-state index contributed by atoms with van der Waals surface area (Å²) in [6.45, 7) is 5.14. The number of hydrogen-bond acceptors (Lipinski definition) is 8. The van der Waals surface area contributed by atoms with Gasteiger partial charge >= 0.3 is 10.1 Å². The van der Waals surface area contributed by atoms with E-state index in [1.54, 1.807) is 11.8 Å². The lowest BCUT2D eigenvalue weighted by Crippen LogP contribution is -2.46. The molecule has 0 bridgehead atoms. The third-order valence-corrected chi connectivity index (χ3v) is 7.53. The second kappa shape index (κ2) is 10.7. The van der Waals surface area contributed by atoms with Crippen molar-refractivity contribution in [1.82, 2.24) is 14.5 Å². The minimum absolute atomic E-state index is 0.110. The molecule has 11 nitrogen and oxygen atoms in total. The van der Waals surface area contributed by atoms with Crippen molar-refractivity contribution >= 4 is 39.3 Å². The number of anilines is 1. The average molecular weight is 563 g/mol. The standard InChI is InChI=1S/C26H31FN4O7S/c1-16-23(13-20-19-12-17(27)5-6-21(19)28-25(20)33)31(38-39(2,35)36)22-4-3-7-30(26(34)24(16)22)15-18(32)14-29-8-10-37-11-9-29/h5-6,12-13,18,32H,3-4,7-11,14-15H2,1-2H3,(H,28,33)/b20-13-/t18-/m1/s1. The van der Waals surface area contributed by atoms with Crippen LogP contribution in [0, 0.1) is 12.7 Å². The number of aliphatic hydroxyl groups excluding tert-OH is 1. The van der Waals surface area contributed by atoms with Crippen LogP contribution < -0.4 is 9.60 Å². The second-order valence-corrected chi connectivity index (χ2v) is 11.6. The Balaban J connectivity index is 1.52. The molecule has 39 heavy (non-hydrogen) atoms. The Morgan fingerprint density at radius 3 is 2.67 bits per heavy atom. The highest BCUT2D eigenvalue weighted by Crippen LogP contribution is 2.36. The van der Waals surface area contributed by atoms with Crippen molar-refractivity contribution in [1.29, 1.82) is 0 Å². The van der Waals surface area contributed by atoms with E-state index in [9.17, 15) is 27.5 Å². The molecule has 0 spiro atoms. The van der Waals surface area contributed by atoms with Crippen LogP contribution in [0.15, 0.2) is 18.2 Å². The molecule has 1 saturated heterocycles. The summed E-state index contributed by atoms with van der Waals surface area (Å²) in [7, 11) is -4.02. The average Bonchev–Trinajstić information content (AvgIpc) is 3.23. The van der Waals surface area contributed by atoms with Gasteiger partial charge in [0.05, 0.1) is 48.1 Å². The first-order valence-electron chi connectivity index (χ1n) is 12.8. The van der Waals surface area contributed by atoms with Crippen LogP contribution in [0.5, 0.6) is 0 Å². The van der Waals surface area contributed by atoms with E-state index < -0.39 is 27.9 Å². The Labute approximate surface area is 225 Å². The third kappa shape index (κ3) is 5.71. The Bertz CT molecular complexity index is 1450. The van der Waals surface area contributed by atoms with E-state index in [0.29, 0.717) is 74.7 Å². The lowest BCUT2D eigenvalue weighted by atomic mass is 10.0. The van der Waals surface area contributed by atoms with Crippen LogP contribution in [-0.4, -0.2) is 98.2 Å². The van der Waals surface area contributed by atoms with Crippen LogP contribution in [-0.2, 0) is 26.1 Å². The highest BCUT2D eigenvalue weighted by Gasteiger charge is 2.34. The predicted molar refractivity (Wildman–Crippen MR) is 141 cm³/mol. The molecule has 13 heteroatoms. The number of nitrogens with one attached hydrogen (secondary N) is 1. The summed E-state index contributed by atoms with van der Waals surface area (Å²) in [6.07, 6.45) is 2.36. The van der Waals surface area contributed by atoms with E-state index in [0.717, 1.165) is 11.0 Å². The van der Waals surface area contributed by atoms with Crippen molar-refractivity contribution in [3.63, 3.8) is 0 Å². The van der Waals surface area contributed by atoms with Crippen LogP contribution in [0.3, 0.4) is 0 Å². The summed E-state index contributed by atoms with van der Waals surface area (Å²) in [5.74, 6) is -1.39. The molecule has 2 N–H and O–H groups in total. The van der Waals surface area contributed by atoms with Gasteiger partial charge in [0, 0.05) is 44.0 Å². The van der Waals surface area contributed by atoms with Gasteiger partial charge in [-0.15, -0.1) is 0 Å². The van der Waals surface area contributed by atoms with Gasteiger partial charge in [0.2, 0.25) is 0 Å². The number of carbonyl (C=O) groups excluding carboxylic acids is 2. The van der Waals surface area contributed by atoms with E-state index in [-0.39, 0.29) is 29.3 Å². The lowest BCUT2D eigenvalue weighted by molar-refractivity contribution is -0.110. The van der Waals surface area contributed by atoms with Gasteiger partial charge in [-0.2, -0.15) is 13.1 Å². The summed E-state index contributed by atoms with van der Waals surface area (Å²) in [4.78, 5) is 30.2. The number of β-amino-alcohol motifs (C(OH)–C–C–N with tert-alkyl or cyclic N) is 1. The SMILES string of the molecule is Cc1c2c(n(OS(C)(=O)=O)c1/C=C1\C(=O)Nc3ccc(F)cc31)CCCN(C[C@H](O)CN1CCOCC1)C2=O. The summed E-state index contributed by atoms with van der Waals surface area (Å²) in [6, 6.07) is 3.89. The number of hydrogen-bond donors (Lipinski definition) is 2. The minimum Gasteiger partial charge on any atom is -0.390 e. The largest absolute Gasteiger partial charge is 0.390 e. The van der Waals surface area contributed by atoms with E-state index in [4.69, 9.17) is 9.02 Å². The topological polar surface area (TPSA) is 130 Å². The highest BCUT2D eigenvalue weighted by atomic mass is 32.2. The maximum absolute atomic E-state index is 14.0. The molecule has 0 aliphatic carbocycles. The van der Waals surface area contributed by atoms with Crippen molar-refractivity contribution in [3.05, 3.63) is 52.1 Å². The Morgan fingerprint density at radius 1 is 1.21 bits per heavy atom. The Morgan fingerprint density at radius 2 is 1.95 bits per heavy atom. The van der Waals surface area contributed by atoms with Crippen LogP contribution in [0.4, 0.5) is 10.1 Å². The minimum atomic E-state index is -4.02. The number of halogens is 1. The number of benzene rings is 1. The van der Waals surface area contributed by atoms with Gasteiger partial charge in [0.15, 0.2) is 0 Å². The first kappa shape index (κ1) is 27.3. The van der Waals surface area contributed by atoms with E-state index in [2.05, 4.69) is 10.2 Å². The number of carbonyl (C=O) groups is 2. The molecule has 1 aromatic carbocycles. The number of aromatic nitrogens is 1. The molecule has 210 valence electrons. The normalized spacial score (nSPS) is 20.0. The number of nitrogens with zero attached hydrogens (tertiary/aromatic N) is 3. The molecule has 0 radical (unpaired) electrons. The van der Waals surface area contributed by atoms with Crippen LogP contribution in [0.25, 0.3) is 11.6 Å². The van der Waals surface area contributed by atoms with Gasteiger partial charge in [-0.3, -0.25) is 18.8 Å². The number of morpholine rings is 1. The van der Waals surface area contributed by atoms with E-state index in [1.807, 2.05) is 0 Å². The summed E-state index contributed by atoms with van der Waals surface area (Å²) < 4.78 is 50.2. The van der Waals surface area contributed by atoms with Crippen LogP contribution in [0.1, 0.15) is 39.3 Å². The molecular formula is C26H31FN4O7S. The molecule has 0 unspecified atom stereocenters. The zero-order valence-corrected chi connectivity index (χ0v) is 22.6. The quantitative estimate of drug-likeness (QED) is 0.476. The fourth-order valence-corrected chi connectivity index (χ4v) is 5.79. The Hall–Kier alpha value is -3.26. The molecule has 2 aromatic rings. The zero-order valence-electron chi connectivity index (χ0n) is 21.8. The van der Waals surface area contributed by atoms with Crippen LogP contribution >= 0.6 is 0 Å². The first-order chi connectivity index (χ1) is 18.5. The molecule has 4 heterocycles. The maximum Gasteiger partial charge on any atom is 0.324 e. The van der Waals surface area contributed by atoms with Crippen LogP contribution in [0.2, 0.25) is 0 Å².